The molecule has 0 aromatic heterocycles. The molecular weight excluding hydrogens is 324 g/mol. The van der Waals surface area contributed by atoms with Crippen LogP contribution in [-0.4, -0.2) is 5.91 Å². The molecule has 0 aliphatic rings. The average Bonchev–Trinajstić information content (AvgIpc) is 2.18. The summed E-state index contributed by atoms with van der Waals surface area (Å²) in [6.45, 7) is 0. The summed E-state index contributed by atoms with van der Waals surface area (Å²) >= 11 is 6.61. The maximum absolute atomic E-state index is 10.8. The van der Waals surface area contributed by atoms with Crippen LogP contribution in [0.15, 0.2) is 32.7 Å². The summed E-state index contributed by atoms with van der Waals surface area (Å²) in [5.41, 5.74) is 5.67. The molecule has 2 N–H and O–H groups in total. The van der Waals surface area contributed by atoms with Gasteiger partial charge in [0.1, 0.15) is 11.6 Å². The Morgan fingerprint density at radius 3 is 2.67 bits per heavy atom. The Kier molecular flexibility index (Phi) is 4.06. The third-order valence-corrected chi connectivity index (χ3v) is 2.86. The van der Waals surface area contributed by atoms with Gasteiger partial charge in [0.25, 0.3) is 5.91 Å². The Balaban J connectivity index is 3.23. The molecule has 1 aromatic rings. The fourth-order valence-electron chi connectivity index (χ4n) is 0.939. The van der Waals surface area contributed by atoms with Crippen LogP contribution in [0, 0.1) is 11.3 Å². The number of hydrogen-bond acceptors (Lipinski definition) is 2. The van der Waals surface area contributed by atoms with E-state index < -0.39 is 5.91 Å². The molecule has 0 unspecified atom stereocenters. The predicted molar refractivity (Wildman–Crippen MR) is 64.6 cm³/mol. The molecule has 0 heterocycles. The third-order valence-electron chi connectivity index (χ3n) is 1.64. The molecule has 0 aliphatic carbocycles. The molecule has 1 aromatic carbocycles. The maximum atomic E-state index is 10.8. The number of amides is 1. The predicted octanol–water partition coefficient (Wildman–Crippen LogP) is 2.60. The van der Waals surface area contributed by atoms with E-state index in [9.17, 15) is 4.79 Å². The van der Waals surface area contributed by atoms with Crippen LogP contribution in [0.5, 0.6) is 0 Å². The maximum Gasteiger partial charge on any atom is 0.259 e. The fraction of sp³-hybridized carbons (Fsp3) is 0. The zero-order valence-corrected chi connectivity index (χ0v) is 10.7. The number of nitrogens with two attached hydrogens (primary N) is 1. The van der Waals surface area contributed by atoms with Gasteiger partial charge in [-0.2, -0.15) is 5.26 Å². The summed E-state index contributed by atoms with van der Waals surface area (Å²) in [6.07, 6.45) is 1.44. The summed E-state index contributed by atoms with van der Waals surface area (Å²) in [4.78, 5) is 10.8. The van der Waals surface area contributed by atoms with Crippen molar-refractivity contribution in [1.82, 2.24) is 0 Å². The van der Waals surface area contributed by atoms with E-state index in [4.69, 9.17) is 11.0 Å². The highest BCUT2D eigenvalue weighted by Crippen LogP contribution is 2.23. The van der Waals surface area contributed by atoms with Gasteiger partial charge >= 0.3 is 0 Å². The first kappa shape index (κ1) is 12.0. The first-order valence-electron chi connectivity index (χ1n) is 3.91. The van der Waals surface area contributed by atoms with Crippen molar-refractivity contribution in [3.05, 3.63) is 38.3 Å². The molecule has 0 aliphatic heterocycles. The van der Waals surface area contributed by atoms with Crippen molar-refractivity contribution in [1.29, 1.82) is 5.26 Å². The van der Waals surface area contributed by atoms with E-state index in [1.807, 2.05) is 12.1 Å². The van der Waals surface area contributed by atoms with E-state index in [1.54, 1.807) is 12.1 Å². The molecule has 1 rings (SSSR count). The van der Waals surface area contributed by atoms with Crippen LogP contribution in [-0.2, 0) is 4.79 Å². The van der Waals surface area contributed by atoms with E-state index >= 15 is 0 Å². The van der Waals surface area contributed by atoms with Crippen molar-refractivity contribution in [3.63, 3.8) is 0 Å². The summed E-state index contributed by atoms with van der Waals surface area (Å²) in [5.74, 6) is -0.732. The molecule has 0 atom stereocenters. The smallest absolute Gasteiger partial charge is 0.259 e. The molecule has 0 saturated carbocycles. The van der Waals surface area contributed by atoms with Gasteiger partial charge in [-0.3, -0.25) is 4.79 Å². The fourth-order valence-corrected chi connectivity index (χ4v) is 1.68. The van der Waals surface area contributed by atoms with E-state index in [0.717, 1.165) is 14.5 Å². The molecule has 3 nitrogen and oxygen atoms in total. The topological polar surface area (TPSA) is 66.9 Å². The van der Waals surface area contributed by atoms with Gasteiger partial charge in [-0.05, 0) is 29.8 Å². The molecule has 0 saturated heterocycles. The van der Waals surface area contributed by atoms with Crippen LogP contribution in [0.1, 0.15) is 5.56 Å². The second kappa shape index (κ2) is 5.10. The molecule has 0 bridgehead atoms. The number of benzene rings is 1. The van der Waals surface area contributed by atoms with Gasteiger partial charge in [-0.25, -0.2) is 0 Å². The van der Waals surface area contributed by atoms with Gasteiger partial charge < -0.3 is 5.73 Å². The van der Waals surface area contributed by atoms with E-state index in [-0.39, 0.29) is 5.57 Å². The van der Waals surface area contributed by atoms with Crippen LogP contribution >= 0.6 is 31.9 Å². The molecule has 0 fully saturated rings. The Labute approximate surface area is 104 Å². The van der Waals surface area contributed by atoms with Crippen molar-refractivity contribution in [2.75, 3.05) is 0 Å². The van der Waals surface area contributed by atoms with Gasteiger partial charge in [0.2, 0.25) is 0 Å². The lowest BCUT2D eigenvalue weighted by atomic mass is 10.1. The molecule has 76 valence electrons. The number of carbonyl (C=O) groups excluding carboxylic acids is 1. The number of carbonyl (C=O) groups is 1. The van der Waals surface area contributed by atoms with E-state index in [0.29, 0.717) is 0 Å². The van der Waals surface area contributed by atoms with Crippen molar-refractivity contribution < 1.29 is 4.79 Å². The van der Waals surface area contributed by atoms with Crippen molar-refractivity contribution in [2.45, 2.75) is 0 Å². The van der Waals surface area contributed by atoms with E-state index in [1.165, 1.54) is 6.08 Å². The van der Waals surface area contributed by atoms with E-state index in [2.05, 4.69) is 31.9 Å². The minimum atomic E-state index is -0.732. The largest absolute Gasteiger partial charge is 0.365 e. The minimum Gasteiger partial charge on any atom is -0.365 e. The Morgan fingerprint density at radius 1 is 1.47 bits per heavy atom. The summed E-state index contributed by atoms with van der Waals surface area (Å²) < 4.78 is 1.65. The number of nitrogens with zero attached hydrogens (tertiary/aromatic N) is 1. The van der Waals surface area contributed by atoms with Crippen molar-refractivity contribution in [2.24, 2.45) is 5.73 Å². The highest BCUT2D eigenvalue weighted by Gasteiger charge is 2.05. The Bertz CT molecular complexity index is 475. The number of primary amides is 1. The first-order valence-corrected chi connectivity index (χ1v) is 5.50. The van der Waals surface area contributed by atoms with Crippen LogP contribution in [0.4, 0.5) is 0 Å². The number of hydrogen-bond donors (Lipinski definition) is 1. The van der Waals surface area contributed by atoms with Gasteiger partial charge in [0.15, 0.2) is 0 Å². The monoisotopic (exact) mass is 328 g/mol. The van der Waals surface area contributed by atoms with Crippen molar-refractivity contribution >= 4 is 43.8 Å². The van der Waals surface area contributed by atoms with Gasteiger partial charge in [0.05, 0.1) is 0 Å². The molecule has 5 heteroatoms. The lowest BCUT2D eigenvalue weighted by Crippen LogP contribution is -2.12. The quantitative estimate of drug-likeness (QED) is 0.669. The molecule has 15 heavy (non-hydrogen) atoms. The summed E-state index contributed by atoms with van der Waals surface area (Å²) in [6, 6.07) is 7.19. The van der Waals surface area contributed by atoms with Crippen LogP contribution in [0.2, 0.25) is 0 Å². The lowest BCUT2D eigenvalue weighted by Gasteiger charge is -1.99. The number of halogens is 2. The lowest BCUT2D eigenvalue weighted by molar-refractivity contribution is -0.114. The van der Waals surface area contributed by atoms with Gasteiger partial charge in [-0.1, -0.05) is 31.9 Å². The zero-order valence-electron chi connectivity index (χ0n) is 7.50. The second-order valence-electron chi connectivity index (χ2n) is 2.70. The molecule has 0 radical (unpaired) electrons. The zero-order chi connectivity index (χ0) is 11.4. The van der Waals surface area contributed by atoms with Crippen LogP contribution in [0.25, 0.3) is 6.08 Å². The highest BCUT2D eigenvalue weighted by molar-refractivity contribution is 9.11. The minimum absolute atomic E-state index is 0.0752. The van der Waals surface area contributed by atoms with Crippen LogP contribution < -0.4 is 5.73 Å². The Hall–Kier alpha value is -1.12. The average molecular weight is 330 g/mol. The van der Waals surface area contributed by atoms with Gasteiger partial charge in [0, 0.05) is 8.95 Å². The van der Waals surface area contributed by atoms with Crippen molar-refractivity contribution in [3.8, 4) is 6.07 Å². The first-order chi connectivity index (χ1) is 7.04. The molecule has 1 amide bonds. The second-order valence-corrected chi connectivity index (χ2v) is 4.47. The van der Waals surface area contributed by atoms with Gasteiger partial charge in [-0.15, -0.1) is 0 Å². The Morgan fingerprint density at radius 2 is 2.13 bits per heavy atom. The standard InChI is InChI=1S/C10H6Br2N2O/c11-8-1-2-9(12)6(4-8)3-7(5-13)10(14)15/h1-4H,(H2,14,15)/b7-3+. The van der Waals surface area contributed by atoms with Crippen LogP contribution in [0.3, 0.4) is 0 Å². The highest BCUT2D eigenvalue weighted by atomic mass is 79.9. The molecule has 0 spiro atoms. The summed E-state index contributed by atoms with van der Waals surface area (Å²) in [7, 11) is 0. The SMILES string of the molecule is N#C/C(=C\c1cc(Br)ccc1Br)C(N)=O. The number of rotatable bonds is 2. The number of nitriles is 1. The normalized spacial score (nSPS) is 10.9. The third kappa shape index (κ3) is 3.18. The molecular formula is C10H6Br2N2O. The summed E-state index contributed by atoms with van der Waals surface area (Å²) in [5, 5.41) is 8.67.